The van der Waals surface area contributed by atoms with Crippen molar-refractivity contribution in [2.75, 3.05) is 13.1 Å². The Bertz CT molecular complexity index is 670. The molecule has 2 bridgehead atoms. The lowest BCUT2D eigenvalue weighted by Crippen LogP contribution is -2.39. The van der Waals surface area contributed by atoms with Gasteiger partial charge in [0.1, 0.15) is 6.04 Å². The van der Waals surface area contributed by atoms with Crippen LogP contribution in [-0.2, 0) is 21.7 Å². The third-order valence-corrected chi connectivity index (χ3v) is 3.90. The number of rotatable bonds is 3. The second kappa shape index (κ2) is 4.15. The number of hydrogen-bond donors (Lipinski definition) is 2. The second-order valence-electron chi connectivity index (χ2n) is 4.64. The van der Waals surface area contributed by atoms with Crippen molar-refractivity contribution in [1.82, 2.24) is 19.7 Å². The molecular formula is C9H13N5O5S. The van der Waals surface area contributed by atoms with Crippen molar-refractivity contribution in [1.29, 1.82) is 0 Å². The van der Waals surface area contributed by atoms with Crippen molar-refractivity contribution in [3.8, 4) is 0 Å². The molecular weight excluding hydrogens is 290 g/mol. The molecule has 3 rings (SSSR count). The summed E-state index contributed by atoms with van der Waals surface area (Å²) >= 11 is 0. The Labute approximate surface area is 114 Å². The first kappa shape index (κ1) is 13.3. The summed E-state index contributed by atoms with van der Waals surface area (Å²) in [5, 5.41) is 4.74. The molecule has 1 aromatic rings. The van der Waals surface area contributed by atoms with Gasteiger partial charge in [0.25, 0.3) is 0 Å². The van der Waals surface area contributed by atoms with E-state index in [9.17, 15) is 13.2 Å². The van der Waals surface area contributed by atoms with Crippen molar-refractivity contribution >= 4 is 16.4 Å². The van der Waals surface area contributed by atoms with E-state index < -0.39 is 28.5 Å². The number of nitrogens with zero attached hydrogens (tertiary/aromatic N) is 4. The molecule has 1 saturated heterocycles. The van der Waals surface area contributed by atoms with E-state index in [1.807, 2.05) is 0 Å². The Balaban J connectivity index is 2.08. The first-order chi connectivity index (χ1) is 9.33. The standard InChI is InChI=1S/C9H13N5O5S/c1-12-8-5(3-11-12)7-4-13(6(8)2-10)9(15)14(7)19-20(16,17)18/h3,6-7H,2,4,10H2,1H3,(H,16,17,18)/t6-,7?/m1/s1. The molecule has 2 atom stereocenters. The molecule has 10 nitrogen and oxygen atoms in total. The monoisotopic (exact) mass is 303 g/mol. The van der Waals surface area contributed by atoms with Crippen LogP contribution >= 0.6 is 0 Å². The van der Waals surface area contributed by atoms with Crippen LogP contribution < -0.4 is 5.73 Å². The molecule has 0 saturated carbocycles. The Kier molecular flexibility index (Phi) is 2.76. The highest BCUT2D eigenvalue weighted by Gasteiger charge is 2.51. The van der Waals surface area contributed by atoms with Crippen LogP contribution in [0.5, 0.6) is 0 Å². The molecule has 1 aromatic heterocycles. The molecule has 0 radical (unpaired) electrons. The van der Waals surface area contributed by atoms with Crippen LogP contribution in [0, 0.1) is 0 Å². The molecule has 11 heteroatoms. The summed E-state index contributed by atoms with van der Waals surface area (Å²) in [6, 6.07) is -1.70. The summed E-state index contributed by atoms with van der Waals surface area (Å²) in [5.74, 6) is 0. The number of hydroxylamine groups is 2. The topological polar surface area (TPSA) is 131 Å². The largest absolute Gasteiger partial charge is 0.418 e. The zero-order chi connectivity index (χ0) is 14.7. The molecule has 2 aliphatic heterocycles. The Morgan fingerprint density at radius 1 is 1.60 bits per heavy atom. The lowest BCUT2D eigenvalue weighted by Gasteiger charge is -2.30. The predicted octanol–water partition coefficient (Wildman–Crippen LogP) is -1.05. The molecule has 1 fully saturated rings. The maximum absolute atomic E-state index is 12.2. The first-order valence-electron chi connectivity index (χ1n) is 5.82. The summed E-state index contributed by atoms with van der Waals surface area (Å²) in [5.41, 5.74) is 7.10. The lowest BCUT2D eigenvalue weighted by atomic mass is 9.98. The molecule has 0 spiro atoms. The van der Waals surface area contributed by atoms with Gasteiger partial charge in [-0.1, -0.05) is 0 Å². The van der Waals surface area contributed by atoms with Crippen LogP contribution in [0.25, 0.3) is 0 Å². The SMILES string of the molecule is Cn1ncc2c1[C@@H](CN)N1CC2N(OS(=O)(=O)O)C1=O. The highest BCUT2D eigenvalue weighted by atomic mass is 32.3. The molecule has 1 unspecified atom stereocenters. The van der Waals surface area contributed by atoms with Gasteiger partial charge in [0.05, 0.1) is 24.5 Å². The van der Waals surface area contributed by atoms with Crippen molar-refractivity contribution in [2.24, 2.45) is 12.8 Å². The number of fused-ring (bicyclic) bond motifs is 4. The van der Waals surface area contributed by atoms with Crippen LogP contribution in [0.4, 0.5) is 4.79 Å². The average molecular weight is 303 g/mol. The number of hydrogen-bond acceptors (Lipinski definition) is 6. The van der Waals surface area contributed by atoms with Crippen LogP contribution in [-0.4, -0.2) is 51.8 Å². The Morgan fingerprint density at radius 3 is 2.90 bits per heavy atom. The summed E-state index contributed by atoms with van der Waals surface area (Å²) in [4.78, 5) is 13.6. The molecule has 2 aliphatic rings. The van der Waals surface area contributed by atoms with Crippen LogP contribution in [0.1, 0.15) is 23.3 Å². The summed E-state index contributed by atoms with van der Waals surface area (Å²) < 4.78 is 36.5. The molecule has 3 N–H and O–H groups in total. The van der Waals surface area contributed by atoms with Gasteiger partial charge in [-0.15, -0.1) is 4.28 Å². The lowest BCUT2D eigenvalue weighted by molar-refractivity contribution is -0.0317. The quantitative estimate of drug-likeness (QED) is 0.681. The van der Waals surface area contributed by atoms with Gasteiger partial charge >= 0.3 is 16.4 Å². The van der Waals surface area contributed by atoms with Gasteiger partial charge in [-0.3, -0.25) is 9.23 Å². The number of urea groups is 1. The van der Waals surface area contributed by atoms with Crippen molar-refractivity contribution in [3.05, 3.63) is 17.5 Å². The minimum atomic E-state index is -4.78. The van der Waals surface area contributed by atoms with E-state index in [2.05, 4.69) is 9.38 Å². The van der Waals surface area contributed by atoms with Gasteiger partial charge < -0.3 is 10.6 Å². The van der Waals surface area contributed by atoms with Gasteiger partial charge in [0.15, 0.2) is 0 Å². The van der Waals surface area contributed by atoms with E-state index in [0.717, 1.165) is 5.69 Å². The van der Waals surface area contributed by atoms with Gasteiger partial charge in [-0.25, -0.2) is 4.79 Å². The number of carbonyl (C=O) groups excluding carboxylic acids is 1. The molecule has 20 heavy (non-hydrogen) atoms. The molecule has 3 heterocycles. The maximum atomic E-state index is 12.2. The van der Waals surface area contributed by atoms with Crippen molar-refractivity contribution in [3.63, 3.8) is 0 Å². The third-order valence-electron chi connectivity index (χ3n) is 3.55. The van der Waals surface area contributed by atoms with Gasteiger partial charge in [-0.05, 0) is 0 Å². The predicted molar refractivity (Wildman–Crippen MR) is 64.3 cm³/mol. The van der Waals surface area contributed by atoms with Gasteiger partial charge in [0.2, 0.25) is 0 Å². The molecule has 0 aromatic carbocycles. The van der Waals surface area contributed by atoms with E-state index >= 15 is 0 Å². The number of aryl methyl sites for hydroxylation is 1. The zero-order valence-corrected chi connectivity index (χ0v) is 11.3. The second-order valence-corrected chi connectivity index (χ2v) is 5.64. The number of amides is 2. The van der Waals surface area contributed by atoms with E-state index in [0.29, 0.717) is 10.6 Å². The Hall–Kier alpha value is -1.69. The Morgan fingerprint density at radius 2 is 2.30 bits per heavy atom. The highest BCUT2D eigenvalue weighted by molar-refractivity contribution is 7.80. The highest BCUT2D eigenvalue weighted by Crippen LogP contribution is 2.43. The van der Waals surface area contributed by atoms with E-state index in [1.54, 1.807) is 17.9 Å². The molecule has 110 valence electrons. The minimum absolute atomic E-state index is 0.171. The molecule has 0 aliphatic carbocycles. The summed E-state index contributed by atoms with van der Waals surface area (Å²) in [6.07, 6.45) is 1.54. The van der Waals surface area contributed by atoms with Crippen LogP contribution in [0.2, 0.25) is 0 Å². The van der Waals surface area contributed by atoms with E-state index in [-0.39, 0.29) is 13.1 Å². The maximum Gasteiger partial charge on any atom is 0.418 e. The third kappa shape index (κ3) is 1.78. The summed E-state index contributed by atoms with van der Waals surface area (Å²) in [7, 11) is -3.06. The number of nitrogens with two attached hydrogens (primary N) is 1. The van der Waals surface area contributed by atoms with Gasteiger partial charge in [-0.2, -0.15) is 18.6 Å². The fourth-order valence-corrected chi connectivity index (χ4v) is 3.15. The smallest absolute Gasteiger partial charge is 0.328 e. The number of carbonyl (C=O) groups is 1. The van der Waals surface area contributed by atoms with E-state index in [1.165, 1.54) is 4.90 Å². The van der Waals surface area contributed by atoms with Crippen LogP contribution in [0.15, 0.2) is 6.20 Å². The minimum Gasteiger partial charge on any atom is -0.328 e. The fraction of sp³-hybridized carbons (Fsp3) is 0.556. The average Bonchev–Trinajstić information content (AvgIpc) is 2.85. The van der Waals surface area contributed by atoms with Crippen molar-refractivity contribution in [2.45, 2.75) is 12.1 Å². The zero-order valence-electron chi connectivity index (χ0n) is 10.5. The normalized spacial score (nSPS) is 25.2. The van der Waals surface area contributed by atoms with Crippen LogP contribution in [0.3, 0.4) is 0 Å². The summed E-state index contributed by atoms with van der Waals surface area (Å²) in [6.45, 7) is 0.402. The first-order valence-corrected chi connectivity index (χ1v) is 7.18. The number of aromatic nitrogens is 2. The van der Waals surface area contributed by atoms with E-state index in [4.69, 9.17) is 10.3 Å². The van der Waals surface area contributed by atoms with Crippen molar-refractivity contribution < 1.29 is 22.0 Å². The van der Waals surface area contributed by atoms with Gasteiger partial charge in [0, 0.05) is 19.2 Å². The fourth-order valence-electron chi connectivity index (χ4n) is 2.78. The molecule has 2 amide bonds.